The van der Waals surface area contributed by atoms with E-state index in [1.165, 1.54) is 24.3 Å². The smallest absolute Gasteiger partial charge is 0.269 e. The predicted molar refractivity (Wildman–Crippen MR) is 107 cm³/mol. The fourth-order valence-electron chi connectivity index (χ4n) is 2.82. The van der Waals surface area contributed by atoms with Crippen molar-refractivity contribution in [3.63, 3.8) is 0 Å². The van der Waals surface area contributed by atoms with Crippen molar-refractivity contribution in [2.24, 2.45) is 0 Å². The van der Waals surface area contributed by atoms with E-state index in [0.717, 1.165) is 11.3 Å². The minimum Gasteiger partial charge on any atom is -0.489 e. The second-order valence-corrected chi connectivity index (χ2v) is 6.69. The lowest BCUT2D eigenvalue weighted by atomic mass is 10.1. The molecule has 2 aromatic carbocycles. The van der Waals surface area contributed by atoms with Crippen LogP contribution in [-0.4, -0.2) is 27.6 Å². The zero-order valence-corrected chi connectivity index (χ0v) is 16.5. The highest BCUT2D eigenvalue weighted by Gasteiger charge is 2.14. The Kier molecular flexibility index (Phi) is 6.43. The average molecular weight is 411 g/mol. The molecule has 0 fully saturated rings. The first-order valence-electron chi connectivity index (χ1n) is 9.20. The van der Waals surface area contributed by atoms with Gasteiger partial charge in [-0.3, -0.25) is 14.9 Å². The molecular weight excluding hydrogens is 390 g/mol. The largest absolute Gasteiger partial charge is 0.489 e. The predicted octanol–water partition coefficient (Wildman–Crippen LogP) is 3.24. The number of rotatable bonds is 8. The van der Waals surface area contributed by atoms with Crippen molar-refractivity contribution in [1.29, 1.82) is 0 Å². The molecule has 1 atom stereocenters. The van der Waals surface area contributed by atoms with Gasteiger partial charge in [0.25, 0.3) is 11.6 Å². The van der Waals surface area contributed by atoms with Crippen LogP contribution in [0.5, 0.6) is 5.75 Å². The fraction of sp³-hybridized carbons (Fsp3) is 0.238. The average Bonchev–Trinajstić information content (AvgIpc) is 3.07. The van der Waals surface area contributed by atoms with Gasteiger partial charge in [0.2, 0.25) is 0 Å². The molecule has 2 N–H and O–H groups in total. The van der Waals surface area contributed by atoms with Crippen molar-refractivity contribution < 1.29 is 24.1 Å². The van der Waals surface area contributed by atoms with Crippen LogP contribution in [0.2, 0.25) is 0 Å². The third-order valence-corrected chi connectivity index (χ3v) is 4.61. The number of hydrogen-bond donors (Lipinski definition) is 2. The highest BCUT2D eigenvalue weighted by molar-refractivity contribution is 5.94. The number of ether oxygens (including phenoxy) is 1. The lowest BCUT2D eigenvalue weighted by molar-refractivity contribution is -0.384. The van der Waals surface area contributed by atoms with E-state index < -0.39 is 11.0 Å². The Morgan fingerprint density at radius 3 is 2.63 bits per heavy atom. The summed E-state index contributed by atoms with van der Waals surface area (Å²) < 4.78 is 10.8. The molecule has 0 aliphatic carbocycles. The molecule has 9 nitrogen and oxygen atoms in total. The molecule has 0 aliphatic rings. The van der Waals surface area contributed by atoms with Gasteiger partial charge in [0.1, 0.15) is 18.1 Å². The van der Waals surface area contributed by atoms with Crippen molar-refractivity contribution in [1.82, 2.24) is 10.5 Å². The van der Waals surface area contributed by atoms with Crippen LogP contribution in [0.25, 0.3) is 0 Å². The molecule has 0 unspecified atom stereocenters. The van der Waals surface area contributed by atoms with Crippen molar-refractivity contribution in [3.8, 4) is 5.75 Å². The molecule has 0 saturated carbocycles. The number of carbonyl (C=O) groups excluding carboxylic acids is 1. The highest BCUT2D eigenvalue weighted by atomic mass is 16.6. The Morgan fingerprint density at radius 1 is 1.27 bits per heavy atom. The molecule has 0 bridgehead atoms. The Bertz CT molecular complexity index is 1030. The summed E-state index contributed by atoms with van der Waals surface area (Å²) in [6.07, 6.45) is -0.992. The number of benzene rings is 2. The normalized spacial score (nSPS) is 11.7. The van der Waals surface area contributed by atoms with Gasteiger partial charge < -0.3 is 19.7 Å². The maximum Gasteiger partial charge on any atom is 0.269 e. The molecule has 3 aromatic rings. The van der Waals surface area contributed by atoms with E-state index in [1.807, 2.05) is 6.92 Å². The van der Waals surface area contributed by atoms with Crippen LogP contribution in [-0.2, 0) is 6.61 Å². The molecular formula is C21H21N3O6. The third-order valence-electron chi connectivity index (χ3n) is 4.61. The quantitative estimate of drug-likeness (QED) is 0.430. The fourth-order valence-corrected chi connectivity index (χ4v) is 2.82. The lowest BCUT2D eigenvalue weighted by Crippen LogP contribution is -2.28. The number of aliphatic hydroxyl groups excluding tert-OH is 1. The van der Waals surface area contributed by atoms with Crippen LogP contribution < -0.4 is 10.1 Å². The van der Waals surface area contributed by atoms with Gasteiger partial charge in [-0.1, -0.05) is 11.2 Å². The Morgan fingerprint density at radius 2 is 2.00 bits per heavy atom. The number of nitrogens with one attached hydrogen (secondary N) is 1. The molecule has 3 rings (SSSR count). The minimum atomic E-state index is -0.992. The third kappa shape index (κ3) is 5.00. The van der Waals surface area contributed by atoms with Gasteiger partial charge in [0.15, 0.2) is 0 Å². The van der Waals surface area contributed by atoms with E-state index in [9.17, 15) is 20.0 Å². The summed E-state index contributed by atoms with van der Waals surface area (Å²) in [5.74, 6) is 0.818. The van der Waals surface area contributed by atoms with Gasteiger partial charge in [0.05, 0.1) is 22.3 Å². The monoisotopic (exact) mass is 411 g/mol. The number of hydrogen-bond acceptors (Lipinski definition) is 7. The zero-order chi connectivity index (χ0) is 21.7. The topological polar surface area (TPSA) is 128 Å². The van der Waals surface area contributed by atoms with Crippen molar-refractivity contribution in [3.05, 3.63) is 86.8 Å². The molecule has 1 heterocycles. The van der Waals surface area contributed by atoms with Crippen LogP contribution in [0.1, 0.15) is 39.0 Å². The van der Waals surface area contributed by atoms with Gasteiger partial charge in [-0.25, -0.2) is 0 Å². The molecule has 9 heteroatoms. The summed E-state index contributed by atoms with van der Waals surface area (Å²) in [6.45, 7) is 3.86. The zero-order valence-electron chi connectivity index (χ0n) is 16.5. The summed E-state index contributed by atoms with van der Waals surface area (Å²) in [6, 6.07) is 12.2. The molecule has 0 spiro atoms. The first kappa shape index (κ1) is 21.0. The lowest BCUT2D eigenvalue weighted by Gasteiger charge is -2.13. The van der Waals surface area contributed by atoms with Crippen LogP contribution in [0.3, 0.4) is 0 Å². The van der Waals surface area contributed by atoms with Gasteiger partial charge in [-0.05, 0) is 49.7 Å². The molecule has 1 amide bonds. The number of aliphatic hydroxyl groups is 1. The first-order valence-corrected chi connectivity index (χ1v) is 9.20. The summed E-state index contributed by atoms with van der Waals surface area (Å²) in [4.78, 5) is 22.6. The van der Waals surface area contributed by atoms with E-state index in [4.69, 9.17) is 9.26 Å². The Balaban J connectivity index is 1.57. The van der Waals surface area contributed by atoms with Crippen molar-refractivity contribution in [2.75, 3.05) is 6.54 Å². The Hall–Kier alpha value is -3.72. The highest BCUT2D eigenvalue weighted by Crippen LogP contribution is 2.20. The summed E-state index contributed by atoms with van der Waals surface area (Å²) in [7, 11) is 0. The second kappa shape index (κ2) is 9.19. The SMILES string of the molecule is Cc1noc(C)c1COc1cccc(C(=O)NC[C@H](O)c2ccc([N+](=O)[O-])cc2)c1. The summed E-state index contributed by atoms with van der Waals surface area (Å²) in [5, 5.41) is 27.4. The maximum atomic E-state index is 12.4. The number of nitrogens with zero attached hydrogens (tertiary/aromatic N) is 2. The number of amides is 1. The van der Waals surface area contributed by atoms with Crippen LogP contribution >= 0.6 is 0 Å². The van der Waals surface area contributed by atoms with E-state index in [2.05, 4.69) is 10.5 Å². The van der Waals surface area contributed by atoms with E-state index in [1.54, 1.807) is 31.2 Å². The number of non-ortho nitro benzene ring substituents is 1. The maximum absolute atomic E-state index is 12.4. The molecule has 0 radical (unpaired) electrons. The van der Waals surface area contributed by atoms with E-state index in [-0.39, 0.29) is 24.7 Å². The number of carbonyl (C=O) groups is 1. The standard InChI is InChI=1S/C21H21N3O6/c1-13-19(14(2)30-23-13)12-29-18-5-3-4-16(10-18)21(26)22-11-20(25)15-6-8-17(9-7-15)24(27)28/h3-10,20,25H,11-12H2,1-2H3,(H,22,26)/t20-/m0/s1. The molecule has 156 valence electrons. The number of aryl methyl sites for hydroxylation is 2. The summed E-state index contributed by atoms with van der Waals surface area (Å²) in [5.41, 5.74) is 2.39. The number of nitro benzene ring substituents is 1. The van der Waals surface area contributed by atoms with Crippen LogP contribution in [0.15, 0.2) is 53.1 Å². The van der Waals surface area contributed by atoms with Crippen molar-refractivity contribution in [2.45, 2.75) is 26.6 Å². The molecule has 30 heavy (non-hydrogen) atoms. The summed E-state index contributed by atoms with van der Waals surface area (Å²) >= 11 is 0. The van der Waals surface area contributed by atoms with Gasteiger partial charge >= 0.3 is 0 Å². The van der Waals surface area contributed by atoms with Gasteiger partial charge in [0, 0.05) is 24.2 Å². The number of aromatic nitrogens is 1. The first-order chi connectivity index (χ1) is 14.3. The van der Waals surface area contributed by atoms with Gasteiger partial charge in [-0.2, -0.15) is 0 Å². The van der Waals surface area contributed by atoms with E-state index >= 15 is 0 Å². The minimum absolute atomic E-state index is 0.0409. The number of nitro groups is 1. The van der Waals surface area contributed by atoms with Gasteiger partial charge in [-0.15, -0.1) is 0 Å². The molecule has 1 aromatic heterocycles. The molecule has 0 saturated heterocycles. The molecule has 0 aliphatic heterocycles. The van der Waals surface area contributed by atoms with Crippen LogP contribution in [0.4, 0.5) is 5.69 Å². The van der Waals surface area contributed by atoms with Crippen LogP contribution in [0, 0.1) is 24.0 Å². The van der Waals surface area contributed by atoms with Crippen molar-refractivity contribution >= 4 is 11.6 Å². The second-order valence-electron chi connectivity index (χ2n) is 6.69. The van der Waals surface area contributed by atoms with E-state index in [0.29, 0.717) is 22.6 Å². The Labute approximate surface area is 172 Å².